The van der Waals surface area contributed by atoms with Gasteiger partial charge >= 0.3 is 0 Å². The fraction of sp³-hybridized carbons (Fsp3) is 0.154. The molecule has 2 aromatic rings. The molecular weight excluding hydrogens is 312 g/mol. The summed E-state index contributed by atoms with van der Waals surface area (Å²) in [5, 5.41) is 2.93. The number of halogens is 1. The van der Waals surface area contributed by atoms with Crippen molar-refractivity contribution in [2.75, 3.05) is 11.6 Å². The highest BCUT2D eigenvalue weighted by molar-refractivity contribution is 9.10. The van der Waals surface area contributed by atoms with Gasteiger partial charge in [-0.05, 0) is 40.4 Å². The zero-order chi connectivity index (χ0) is 13.1. The lowest BCUT2D eigenvalue weighted by molar-refractivity contribution is 0.101. The van der Waals surface area contributed by atoms with Gasteiger partial charge < -0.3 is 9.88 Å². The Morgan fingerprint density at radius 1 is 1.39 bits per heavy atom. The number of nitrogens with one attached hydrogen (secondary N) is 1. The summed E-state index contributed by atoms with van der Waals surface area (Å²) in [4.78, 5) is 13.2. The summed E-state index contributed by atoms with van der Waals surface area (Å²) < 4.78 is 2.69. The maximum atomic E-state index is 12.2. The van der Waals surface area contributed by atoms with Crippen molar-refractivity contribution in [3.8, 4) is 0 Å². The van der Waals surface area contributed by atoms with E-state index in [1.807, 2.05) is 43.8 Å². The number of hydrogen-bond acceptors (Lipinski definition) is 2. The number of rotatable bonds is 3. The number of carbonyl (C=O) groups excluding carboxylic acids is 1. The number of amides is 1. The molecule has 0 aliphatic heterocycles. The Morgan fingerprint density at radius 3 is 2.72 bits per heavy atom. The highest BCUT2D eigenvalue weighted by Gasteiger charge is 2.12. The van der Waals surface area contributed by atoms with Crippen molar-refractivity contribution in [3.63, 3.8) is 0 Å². The summed E-state index contributed by atoms with van der Waals surface area (Å²) >= 11 is 4.97. The maximum Gasteiger partial charge on any atom is 0.272 e. The van der Waals surface area contributed by atoms with E-state index in [1.54, 1.807) is 22.4 Å². The Balaban J connectivity index is 2.24. The van der Waals surface area contributed by atoms with Crippen molar-refractivity contribution in [3.05, 3.63) is 46.7 Å². The molecule has 0 unspecified atom stereocenters. The van der Waals surface area contributed by atoms with Crippen LogP contribution in [0.5, 0.6) is 0 Å². The van der Waals surface area contributed by atoms with Crippen LogP contribution >= 0.6 is 27.7 Å². The van der Waals surface area contributed by atoms with Crippen LogP contribution < -0.4 is 5.32 Å². The van der Waals surface area contributed by atoms with Crippen LogP contribution in [0.25, 0.3) is 0 Å². The Kier molecular flexibility index (Phi) is 4.14. The van der Waals surface area contributed by atoms with Crippen LogP contribution in [0, 0.1) is 0 Å². The summed E-state index contributed by atoms with van der Waals surface area (Å²) in [6, 6.07) is 9.57. The summed E-state index contributed by atoms with van der Waals surface area (Å²) in [5.41, 5.74) is 1.46. The van der Waals surface area contributed by atoms with Crippen LogP contribution in [0.1, 0.15) is 10.5 Å². The lowest BCUT2D eigenvalue weighted by Gasteiger charge is -2.09. The number of aromatic nitrogens is 1. The van der Waals surface area contributed by atoms with Gasteiger partial charge in [-0.1, -0.05) is 12.1 Å². The van der Waals surface area contributed by atoms with E-state index in [9.17, 15) is 4.79 Å². The first kappa shape index (κ1) is 13.2. The largest absolute Gasteiger partial charge is 0.345 e. The molecule has 0 bridgehead atoms. The second-order valence-corrected chi connectivity index (χ2v) is 5.57. The SMILES string of the molecule is CSc1ccccc1NC(=O)c1cc(Br)cn1C. The summed E-state index contributed by atoms with van der Waals surface area (Å²) in [5.74, 6) is -0.107. The van der Waals surface area contributed by atoms with Crippen molar-refractivity contribution >= 4 is 39.3 Å². The van der Waals surface area contributed by atoms with Gasteiger partial charge in [0.1, 0.15) is 5.69 Å². The molecule has 0 aliphatic rings. The van der Waals surface area contributed by atoms with Gasteiger partial charge in [0.25, 0.3) is 5.91 Å². The zero-order valence-electron chi connectivity index (χ0n) is 10.1. The summed E-state index contributed by atoms with van der Waals surface area (Å²) in [6.07, 6.45) is 3.85. The van der Waals surface area contributed by atoms with Crippen molar-refractivity contribution in [2.24, 2.45) is 7.05 Å². The van der Waals surface area contributed by atoms with Crippen LogP contribution in [0.3, 0.4) is 0 Å². The summed E-state index contributed by atoms with van der Waals surface area (Å²) in [7, 11) is 1.85. The first-order chi connectivity index (χ1) is 8.61. The Hall–Kier alpha value is -1.20. The third-order valence-corrected chi connectivity index (χ3v) is 3.79. The Bertz CT molecular complexity index is 580. The molecule has 0 radical (unpaired) electrons. The average Bonchev–Trinajstić information content (AvgIpc) is 2.69. The van der Waals surface area contributed by atoms with Crippen LogP contribution in [-0.2, 0) is 7.05 Å². The number of para-hydroxylation sites is 1. The number of benzene rings is 1. The first-order valence-corrected chi connectivity index (χ1v) is 7.40. The standard InChI is InChI=1S/C13H13BrN2OS/c1-16-8-9(14)7-11(16)13(17)15-10-5-3-4-6-12(10)18-2/h3-8H,1-2H3,(H,15,17). The predicted octanol–water partition coefficient (Wildman–Crippen LogP) is 3.76. The number of hydrogen-bond donors (Lipinski definition) is 1. The molecule has 1 aromatic heterocycles. The van der Waals surface area contributed by atoms with E-state index in [2.05, 4.69) is 21.2 Å². The van der Waals surface area contributed by atoms with Gasteiger partial charge in [-0.15, -0.1) is 11.8 Å². The highest BCUT2D eigenvalue weighted by Crippen LogP contribution is 2.25. The molecule has 0 aliphatic carbocycles. The molecule has 0 atom stereocenters. The number of thioether (sulfide) groups is 1. The van der Waals surface area contributed by atoms with E-state index in [1.165, 1.54) is 0 Å². The molecule has 0 saturated carbocycles. The molecule has 1 amide bonds. The van der Waals surface area contributed by atoms with Crippen molar-refractivity contribution in [1.82, 2.24) is 4.57 Å². The lowest BCUT2D eigenvalue weighted by atomic mass is 10.3. The van der Waals surface area contributed by atoms with Crippen molar-refractivity contribution in [1.29, 1.82) is 0 Å². The fourth-order valence-electron chi connectivity index (χ4n) is 1.68. The molecule has 2 rings (SSSR count). The third kappa shape index (κ3) is 2.79. The molecule has 0 saturated heterocycles. The molecule has 0 fully saturated rings. The topological polar surface area (TPSA) is 34.0 Å². The van der Waals surface area contributed by atoms with E-state index in [-0.39, 0.29) is 5.91 Å². The van der Waals surface area contributed by atoms with Crippen molar-refractivity contribution in [2.45, 2.75) is 4.90 Å². The summed E-state index contributed by atoms with van der Waals surface area (Å²) in [6.45, 7) is 0. The lowest BCUT2D eigenvalue weighted by Crippen LogP contribution is -2.15. The van der Waals surface area contributed by atoms with Gasteiger partial charge in [-0.25, -0.2) is 0 Å². The van der Waals surface area contributed by atoms with Gasteiger partial charge in [0.05, 0.1) is 5.69 Å². The minimum atomic E-state index is -0.107. The minimum absolute atomic E-state index is 0.107. The molecule has 3 nitrogen and oxygen atoms in total. The first-order valence-electron chi connectivity index (χ1n) is 5.38. The number of nitrogens with zero attached hydrogens (tertiary/aromatic N) is 1. The molecular formula is C13H13BrN2OS. The molecule has 18 heavy (non-hydrogen) atoms. The Morgan fingerprint density at radius 2 is 2.11 bits per heavy atom. The predicted molar refractivity (Wildman–Crippen MR) is 79.3 cm³/mol. The van der Waals surface area contributed by atoms with E-state index >= 15 is 0 Å². The van der Waals surface area contributed by atoms with Gasteiger partial charge in [-0.2, -0.15) is 0 Å². The normalized spacial score (nSPS) is 10.4. The van der Waals surface area contributed by atoms with Crippen molar-refractivity contribution < 1.29 is 4.79 Å². The second kappa shape index (κ2) is 5.63. The minimum Gasteiger partial charge on any atom is -0.345 e. The average molecular weight is 325 g/mol. The smallest absolute Gasteiger partial charge is 0.272 e. The van der Waals surface area contributed by atoms with Crippen LogP contribution in [-0.4, -0.2) is 16.7 Å². The van der Waals surface area contributed by atoms with E-state index < -0.39 is 0 Å². The highest BCUT2D eigenvalue weighted by atomic mass is 79.9. The van der Waals surface area contributed by atoms with E-state index in [0.29, 0.717) is 5.69 Å². The molecule has 0 spiro atoms. The Labute approximate surface area is 119 Å². The number of carbonyl (C=O) groups is 1. The monoisotopic (exact) mass is 324 g/mol. The van der Waals surface area contributed by atoms with Crippen LogP contribution in [0.2, 0.25) is 0 Å². The molecule has 1 aromatic carbocycles. The molecule has 1 N–H and O–H groups in total. The molecule has 5 heteroatoms. The van der Waals surface area contributed by atoms with E-state index in [4.69, 9.17) is 0 Å². The van der Waals surface area contributed by atoms with Gasteiger partial charge in [-0.3, -0.25) is 4.79 Å². The maximum absolute atomic E-state index is 12.2. The second-order valence-electron chi connectivity index (χ2n) is 3.81. The number of anilines is 1. The third-order valence-electron chi connectivity index (χ3n) is 2.56. The van der Waals surface area contributed by atoms with Crippen LogP contribution in [0.15, 0.2) is 45.9 Å². The zero-order valence-corrected chi connectivity index (χ0v) is 12.5. The quantitative estimate of drug-likeness (QED) is 0.872. The van der Waals surface area contributed by atoms with Gasteiger partial charge in [0, 0.05) is 22.6 Å². The molecule has 1 heterocycles. The molecule has 94 valence electrons. The number of aryl methyl sites for hydroxylation is 1. The van der Waals surface area contributed by atoms with Gasteiger partial charge in [0.2, 0.25) is 0 Å². The van der Waals surface area contributed by atoms with E-state index in [0.717, 1.165) is 15.1 Å². The van der Waals surface area contributed by atoms with Gasteiger partial charge in [0.15, 0.2) is 0 Å². The van der Waals surface area contributed by atoms with Crippen LogP contribution in [0.4, 0.5) is 5.69 Å². The fourth-order valence-corrected chi connectivity index (χ4v) is 2.76.